The van der Waals surface area contributed by atoms with Gasteiger partial charge in [0.15, 0.2) is 0 Å². The number of carboxylic acid groups (broad SMARTS) is 1. The Hall–Kier alpha value is -4.73. The first-order valence-corrected chi connectivity index (χ1v) is 17.9. The molecule has 0 saturated heterocycles. The van der Waals surface area contributed by atoms with Crippen molar-refractivity contribution in [2.75, 3.05) is 18.1 Å². The van der Waals surface area contributed by atoms with E-state index >= 15 is 4.79 Å². The number of carbonyl (C=O) groups excluding carboxylic acids is 1. The van der Waals surface area contributed by atoms with Crippen molar-refractivity contribution in [2.24, 2.45) is 14.1 Å². The second-order valence-corrected chi connectivity index (χ2v) is 14.7. The zero-order chi connectivity index (χ0) is 36.6. The minimum Gasteiger partial charge on any atom is -0.494 e. The van der Waals surface area contributed by atoms with Crippen LogP contribution >= 0.6 is 23.2 Å². The average molecular weight is 727 g/mol. The van der Waals surface area contributed by atoms with Gasteiger partial charge in [0.1, 0.15) is 17.1 Å². The second kappa shape index (κ2) is 12.8. The third-order valence-corrected chi connectivity index (χ3v) is 11.2. The first kappa shape index (κ1) is 34.7. The molecule has 9 nitrogen and oxygen atoms in total. The van der Waals surface area contributed by atoms with Gasteiger partial charge in [-0.3, -0.25) is 9.48 Å². The van der Waals surface area contributed by atoms with Gasteiger partial charge in [-0.25, -0.2) is 4.79 Å². The topological polar surface area (TPSA) is 94.5 Å². The molecule has 0 aliphatic carbocycles. The van der Waals surface area contributed by atoms with Crippen molar-refractivity contribution >= 4 is 62.6 Å². The highest BCUT2D eigenvalue weighted by atomic mass is 35.5. The van der Waals surface area contributed by atoms with Crippen LogP contribution in [0.2, 0.25) is 10.0 Å². The lowest BCUT2D eigenvalue weighted by Crippen LogP contribution is -2.43. The molecule has 1 aliphatic heterocycles. The van der Waals surface area contributed by atoms with Crippen molar-refractivity contribution in [1.82, 2.24) is 18.9 Å². The molecule has 6 aromatic rings. The minimum atomic E-state index is -1.02. The Morgan fingerprint density at radius 2 is 1.69 bits per heavy atom. The van der Waals surface area contributed by atoms with Crippen LogP contribution in [0.1, 0.15) is 74.0 Å². The third kappa shape index (κ3) is 5.58. The lowest BCUT2D eigenvalue weighted by molar-refractivity contribution is 0.0687. The van der Waals surface area contributed by atoms with Crippen LogP contribution in [0.3, 0.4) is 0 Å². The average Bonchev–Trinajstić information content (AvgIpc) is 3.67. The largest absolute Gasteiger partial charge is 0.494 e. The molecule has 7 rings (SSSR count). The van der Waals surface area contributed by atoms with Crippen molar-refractivity contribution in [3.63, 3.8) is 0 Å². The number of hydrogen-bond donors (Lipinski definition) is 1. The molecule has 0 bridgehead atoms. The number of hydrogen-bond acceptors (Lipinski definition) is 4. The van der Waals surface area contributed by atoms with Crippen LogP contribution in [-0.2, 0) is 20.5 Å². The molecular formula is C40H41Cl2N5O4. The van der Waals surface area contributed by atoms with Crippen molar-refractivity contribution in [1.29, 1.82) is 0 Å². The summed E-state index contributed by atoms with van der Waals surface area (Å²) < 4.78 is 11.9. The number of benzene rings is 3. The van der Waals surface area contributed by atoms with E-state index < -0.39 is 5.97 Å². The normalized spacial score (nSPS) is 14.6. The fourth-order valence-electron chi connectivity index (χ4n) is 7.98. The lowest BCUT2D eigenvalue weighted by atomic mass is 9.98. The standard InChI is InChI=1S/C40H41Cl2N5O4/c1-20-14-26-18-32(40(49)50)44(7)36(26)31(15-20)46-19-23(4)47-37-29(11-12-30(41)34(37)33-24(5)43-45(8)25(33)6)28(38(47)39(46)48)10-9-13-51-27-16-21(2)35(42)22(3)17-27/h11-12,14-18,23H,9-10,13,19H2,1-8H3,(H,49,50)/t23-/m1/s1. The Morgan fingerprint density at radius 3 is 2.33 bits per heavy atom. The molecule has 11 heteroatoms. The molecule has 3 aromatic heterocycles. The summed E-state index contributed by atoms with van der Waals surface area (Å²) >= 11 is 13.5. The summed E-state index contributed by atoms with van der Waals surface area (Å²) in [7, 11) is 3.66. The van der Waals surface area contributed by atoms with Gasteiger partial charge in [0.2, 0.25) is 0 Å². The molecule has 0 spiro atoms. The summed E-state index contributed by atoms with van der Waals surface area (Å²) in [6.45, 7) is 12.9. The van der Waals surface area contributed by atoms with E-state index in [2.05, 4.69) is 11.5 Å². The number of ether oxygens (including phenoxy) is 1. The predicted octanol–water partition coefficient (Wildman–Crippen LogP) is 9.31. The van der Waals surface area contributed by atoms with Crippen molar-refractivity contribution in [3.05, 3.63) is 97.5 Å². The van der Waals surface area contributed by atoms with Crippen molar-refractivity contribution < 1.29 is 19.4 Å². The number of carboxylic acids is 1. The van der Waals surface area contributed by atoms with Gasteiger partial charge in [-0.15, -0.1) is 0 Å². The Balaban J connectivity index is 1.40. The molecule has 0 unspecified atom stereocenters. The Labute approximate surface area is 306 Å². The molecule has 1 atom stereocenters. The zero-order valence-corrected chi connectivity index (χ0v) is 31.6. The maximum absolute atomic E-state index is 15.1. The van der Waals surface area contributed by atoms with Gasteiger partial charge in [0.05, 0.1) is 34.0 Å². The number of aryl methyl sites for hydroxylation is 7. The van der Waals surface area contributed by atoms with E-state index in [0.29, 0.717) is 47.9 Å². The number of aromatic carboxylic acids is 1. The number of aromatic nitrogens is 4. The van der Waals surface area contributed by atoms with Gasteiger partial charge in [-0.1, -0.05) is 29.3 Å². The molecule has 0 fully saturated rings. The molecule has 4 heterocycles. The van der Waals surface area contributed by atoms with Crippen LogP contribution < -0.4 is 9.64 Å². The van der Waals surface area contributed by atoms with E-state index in [1.807, 2.05) is 87.6 Å². The number of nitrogens with zero attached hydrogens (tertiary/aromatic N) is 5. The van der Waals surface area contributed by atoms with E-state index in [1.54, 1.807) is 17.7 Å². The first-order valence-electron chi connectivity index (χ1n) is 17.1. The minimum absolute atomic E-state index is 0.143. The van der Waals surface area contributed by atoms with Crippen LogP contribution in [0.4, 0.5) is 5.69 Å². The van der Waals surface area contributed by atoms with Crippen LogP contribution in [0.15, 0.2) is 42.5 Å². The van der Waals surface area contributed by atoms with Gasteiger partial charge >= 0.3 is 5.97 Å². The van der Waals surface area contributed by atoms with E-state index in [4.69, 9.17) is 33.0 Å². The molecule has 3 aromatic carbocycles. The molecule has 51 heavy (non-hydrogen) atoms. The summed E-state index contributed by atoms with van der Waals surface area (Å²) in [5.74, 6) is -0.400. The molecule has 0 saturated carbocycles. The number of halogens is 2. The van der Waals surface area contributed by atoms with E-state index in [-0.39, 0.29) is 17.6 Å². The monoisotopic (exact) mass is 725 g/mol. The maximum Gasteiger partial charge on any atom is 0.352 e. The number of carbonyl (C=O) groups is 2. The molecule has 0 radical (unpaired) electrons. The molecule has 1 amide bonds. The molecule has 264 valence electrons. The van der Waals surface area contributed by atoms with Crippen LogP contribution in [0.5, 0.6) is 5.75 Å². The number of anilines is 1. The Kier molecular flexibility index (Phi) is 8.71. The van der Waals surface area contributed by atoms with Crippen LogP contribution in [0.25, 0.3) is 32.9 Å². The van der Waals surface area contributed by atoms with Gasteiger partial charge in [0.25, 0.3) is 5.91 Å². The van der Waals surface area contributed by atoms with E-state index in [9.17, 15) is 9.90 Å². The van der Waals surface area contributed by atoms with E-state index in [1.165, 1.54) is 0 Å². The fraction of sp³-hybridized carbons (Fsp3) is 0.325. The van der Waals surface area contributed by atoms with Crippen LogP contribution in [0, 0.1) is 34.6 Å². The first-order chi connectivity index (χ1) is 24.2. The Morgan fingerprint density at radius 1 is 0.980 bits per heavy atom. The Bertz CT molecular complexity index is 2410. The van der Waals surface area contributed by atoms with Gasteiger partial charge in [-0.2, -0.15) is 5.10 Å². The lowest BCUT2D eigenvalue weighted by Gasteiger charge is -2.35. The smallest absolute Gasteiger partial charge is 0.352 e. The van der Waals surface area contributed by atoms with Crippen molar-refractivity contribution in [3.8, 4) is 16.9 Å². The van der Waals surface area contributed by atoms with Gasteiger partial charge in [-0.05, 0) is 113 Å². The second-order valence-electron chi connectivity index (χ2n) is 13.9. The summed E-state index contributed by atoms with van der Waals surface area (Å²) in [5.41, 5.74) is 10.5. The highest BCUT2D eigenvalue weighted by molar-refractivity contribution is 6.35. The number of rotatable bonds is 8. The van der Waals surface area contributed by atoms with Crippen molar-refractivity contribution in [2.45, 2.75) is 60.4 Å². The third-order valence-electron chi connectivity index (χ3n) is 10.3. The summed E-state index contributed by atoms with van der Waals surface area (Å²) in [4.78, 5) is 29.0. The van der Waals surface area contributed by atoms with E-state index in [0.717, 1.165) is 71.8 Å². The maximum atomic E-state index is 15.1. The predicted molar refractivity (Wildman–Crippen MR) is 204 cm³/mol. The highest BCUT2D eigenvalue weighted by Crippen LogP contribution is 2.46. The van der Waals surface area contributed by atoms with Gasteiger partial charge in [0, 0.05) is 59.3 Å². The number of fused-ring (bicyclic) bond motifs is 4. The van der Waals surface area contributed by atoms with Gasteiger partial charge < -0.3 is 23.9 Å². The summed E-state index contributed by atoms with van der Waals surface area (Å²) in [6.07, 6.45) is 1.24. The molecule has 1 aliphatic rings. The highest BCUT2D eigenvalue weighted by Gasteiger charge is 2.38. The number of amides is 1. The quantitative estimate of drug-likeness (QED) is 0.158. The van der Waals surface area contributed by atoms with Crippen LogP contribution in [-0.4, -0.2) is 49.0 Å². The summed E-state index contributed by atoms with van der Waals surface area (Å²) in [6, 6.07) is 13.3. The summed E-state index contributed by atoms with van der Waals surface area (Å²) in [5, 5.41) is 17.7. The molecule has 1 N–H and O–H groups in total. The SMILES string of the molecule is Cc1cc(N2C[C@@H](C)n3c(c(CCCOc4cc(C)c(Cl)c(C)c4)c4ccc(Cl)c(-c5c(C)nn(C)c5C)c43)C2=O)c2c(c1)cc(C(=O)O)n2C. The fourth-order valence-corrected chi connectivity index (χ4v) is 8.33. The molecular weight excluding hydrogens is 685 g/mol. The zero-order valence-electron chi connectivity index (χ0n) is 30.1.